The van der Waals surface area contributed by atoms with Crippen LogP contribution in [0.2, 0.25) is 0 Å². The van der Waals surface area contributed by atoms with E-state index in [0.717, 1.165) is 27.6 Å². The Bertz CT molecular complexity index is 883. The molecule has 1 aromatic heterocycles. The third-order valence-corrected chi connectivity index (χ3v) is 4.38. The van der Waals surface area contributed by atoms with Gasteiger partial charge in [-0.05, 0) is 36.4 Å². The second-order valence-electron chi connectivity index (χ2n) is 5.07. The first-order valence-corrected chi connectivity index (χ1v) is 8.90. The van der Waals surface area contributed by atoms with Crippen LogP contribution in [0.4, 0.5) is 11.6 Å². The summed E-state index contributed by atoms with van der Waals surface area (Å²) in [5, 5.41) is 3.15. The number of nitrogens with one attached hydrogen (secondary N) is 1. The molecule has 1 N–H and O–H groups in total. The number of aromatic nitrogens is 2. The van der Waals surface area contributed by atoms with E-state index in [9.17, 15) is 4.21 Å². The Balaban J connectivity index is 1.91. The minimum atomic E-state index is -1.03. The number of methoxy groups -OCH3 is 1. The fraction of sp³-hybridized carbons (Fsp3) is 0.111. The molecule has 0 amide bonds. The molecule has 6 heteroatoms. The molecule has 5 nitrogen and oxygen atoms in total. The number of hydrogen-bond acceptors (Lipinski definition) is 5. The zero-order chi connectivity index (χ0) is 16.9. The molecule has 0 aliphatic heterocycles. The lowest BCUT2D eigenvalue weighted by molar-refractivity contribution is 0.416. The van der Waals surface area contributed by atoms with Gasteiger partial charge in [0, 0.05) is 39.4 Å². The van der Waals surface area contributed by atoms with Crippen molar-refractivity contribution < 1.29 is 8.95 Å². The Labute approximate surface area is 143 Å². The SMILES string of the molecule is COc1ccccc1-c1ccnc(Nc2cccc(S(C)=O)c2)n1. The minimum Gasteiger partial charge on any atom is -0.496 e. The first-order valence-electron chi connectivity index (χ1n) is 7.34. The van der Waals surface area contributed by atoms with Gasteiger partial charge in [0.25, 0.3) is 0 Å². The van der Waals surface area contributed by atoms with Gasteiger partial charge in [0.1, 0.15) is 5.75 Å². The van der Waals surface area contributed by atoms with Crippen molar-refractivity contribution in [3.63, 3.8) is 0 Å². The van der Waals surface area contributed by atoms with Gasteiger partial charge in [-0.1, -0.05) is 18.2 Å². The number of ether oxygens (including phenoxy) is 1. The average Bonchev–Trinajstić information content (AvgIpc) is 2.62. The fourth-order valence-electron chi connectivity index (χ4n) is 2.31. The molecule has 0 fully saturated rings. The molecular weight excluding hydrogens is 322 g/mol. The van der Waals surface area contributed by atoms with E-state index in [0.29, 0.717) is 5.95 Å². The summed E-state index contributed by atoms with van der Waals surface area (Å²) in [6.07, 6.45) is 3.34. The van der Waals surface area contributed by atoms with Gasteiger partial charge in [-0.25, -0.2) is 9.97 Å². The first kappa shape index (κ1) is 16.1. The minimum absolute atomic E-state index is 0.470. The second kappa shape index (κ2) is 7.23. The van der Waals surface area contributed by atoms with Crippen LogP contribution in [0.1, 0.15) is 0 Å². The highest BCUT2D eigenvalue weighted by molar-refractivity contribution is 7.84. The van der Waals surface area contributed by atoms with Crippen molar-refractivity contribution in [1.29, 1.82) is 0 Å². The Morgan fingerprint density at radius 3 is 2.71 bits per heavy atom. The van der Waals surface area contributed by atoms with Crippen LogP contribution in [-0.4, -0.2) is 27.5 Å². The maximum absolute atomic E-state index is 11.6. The van der Waals surface area contributed by atoms with E-state index in [-0.39, 0.29) is 0 Å². The zero-order valence-electron chi connectivity index (χ0n) is 13.4. The van der Waals surface area contributed by atoms with Gasteiger partial charge in [0.2, 0.25) is 5.95 Å². The van der Waals surface area contributed by atoms with E-state index in [2.05, 4.69) is 15.3 Å². The van der Waals surface area contributed by atoms with E-state index >= 15 is 0 Å². The number of anilines is 2. The molecule has 2 aromatic carbocycles. The summed E-state index contributed by atoms with van der Waals surface area (Å²) in [5.41, 5.74) is 2.45. The predicted octanol–water partition coefficient (Wildman–Crippen LogP) is 3.63. The van der Waals surface area contributed by atoms with Gasteiger partial charge in [-0.3, -0.25) is 4.21 Å². The van der Waals surface area contributed by atoms with Crippen molar-refractivity contribution in [3.05, 3.63) is 60.8 Å². The van der Waals surface area contributed by atoms with E-state index in [1.165, 1.54) is 0 Å². The largest absolute Gasteiger partial charge is 0.496 e. The van der Waals surface area contributed by atoms with Crippen LogP contribution in [0.15, 0.2) is 65.7 Å². The molecule has 1 atom stereocenters. The average molecular weight is 339 g/mol. The summed E-state index contributed by atoms with van der Waals surface area (Å²) < 4.78 is 17.0. The Morgan fingerprint density at radius 1 is 1.08 bits per heavy atom. The van der Waals surface area contributed by atoms with Crippen molar-refractivity contribution in [2.24, 2.45) is 0 Å². The van der Waals surface area contributed by atoms with Crippen LogP contribution in [-0.2, 0) is 10.8 Å². The Morgan fingerprint density at radius 2 is 1.92 bits per heavy atom. The molecule has 122 valence electrons. The molecular formula is C18H17N3O2S. The Kier molecular flexibility index (Phi) is 4.86. The molecule has 0 aliphatic rings. The lowest BCUT2D eigenvalue weighted by atomic mass is 10.1. The summed E-state index contributed by atoms with van der Waals surface area (Å²) in [4.78, 5) is 9.55. The third kappa shape index (κ3) is 3.60. The van der Waals surface area contributed by atoms with Crippen LogP contribution in [0.25, 0.3) is 11.3 Å². The summed E-state index contributed by atoms with van der Waals surface area (Å²) in [6, 6.07) is 16.9. The highest BCUT2D eigenvalue weighted by atomic mass is 32.2. The van der Waals surface area contributed by atoms with Crippen molar-refractivity contribution in [1.82, 2.24) is 9.97 Å². The van der Waals surface area contributed by atoms with Crippen LogP contribution < -0.4 is 10.1 Å². The smallest absolute Gasteiger partial charge is 0.227 e. The van der Waals surface area contributed by atoms with Crippen LogP contribution in [0.3, 0.4) is 0 Å². The van der Waals surface area contributed by atoms with Crippen LogP contribution >= 0.6 is 0 Å². The molecule has 1 unspecified atom stereocenters. The molecule has 24 heavy (non-hydrogen) atoms. The van der Waals surface area contributed by atoms with Crippen LogP contribution in [0, 0.1) is 0 Å². The molecule has 0 bridgehead atoms. The molecule has 0 saturated carbocycles. The summed E-state index contributed by atoms with van der Waals surface area (Å²) in [6.45, 7) is 0. The fourth-order valence-corrected chi connectivity index (χ4v) is 2.87. The Hall–Kier alpha value is -2.73. The van der Waals surface area contributed by atoms with E-state index in [4.69, 9.17) is 4.74 Å². The van der Waals surface area contributed by atoms with Gasteiger partial charge in [0.15, 0.2) is 0 Å². The quantitative estimate of drug-likeness (QED) is 0.769. The summed E-state index contributed by atoms with van der Waals surface area (Å²) in [5.74, 6) is 1.22. The maximum Gasteiger partial charge on any atom is 0.227 e. The molecule has 3 aromatic rings. The molecule has 0 spiro atoms. The molecule has 1 heterocycles. The monoisotopic (exact) mass is 339 g/mol. The molecule has 3 rings (SSSR count). The maximum atomic E-state index is 11.6. The molecule has 0 radical (unpaired) electrons. The number of para-hydroxylation sites is 1. The van der Waals surface area contributed by atoms with Crippen molar-refractivity contribution >= 4 is 22.4 Å². The number of nitrogens with zero attached hydrogens (tertiary/aromatic N) is 2. The lowest BCUT2D eigenvalue weighted by Gasteiger charge is -2.10. The van der Waals surface area contributed by atoms with Gasteiger partial charge in [-0.2, -0.15) is 0 Å². The predicted molar refractivity (Wildman–Crippen MR) is 96.1 cm³/mol. The number of benzene rings is 2. The summed E-state index contributed by atoms with van der Waals surface area (Å²) in [7, 11) is 0.601. The standard InChI is InChI=1S/C18H17N3O2S/c1-23-17-9-4-3-8-15(17)16-10-11-19-18(21-16)20-13-6-5-7-14(12-13)24(2)22/h3-12H,1-2H3,(H,19,20,21). The van der Waals surface area contributed by atoms with Gasteiger partial charge >= 0.3 is 0 Å². The lowest BCUT2D eigenvalue weighted by Crippen LogP contribution is -1.99. The molecule has 0 aliphatic carbocycles. The van der Waals surface area contributed by atoms with E-state index < -0.39 is 10.8 Å². The first-order chi connectivity index (χ1) is 11.7. The van der Waals surface area contributed by atoms with Crippen molar-refractivity contribution in [2.45, 2.75) is 4.90 Å². The van der Waals surface area contributed by atoms with Gasteiger partial charge in [0.05, 0.1) is 12.8 Å². The van der Waals surface area contributed by atoms with E-state index in [1.807, 2.05) is 54.6 Å². The zero-order valence-corrected chi connectivity index (χ0v) is 14.2. The molecule has 0 saturated heterocycles. The van der Waals surface area contributed by atoms with Gasteiger partial charge < -0.3 is 10.1 Å². The number of rotatable bonds is 5. The topological polar surface area (TPSA) is 64.1 Å². The number of hydrogen-bond donors (Lipinski definition) is 1. The third-order valence-electron chi connectivity index (χ3n) is 3.46. The summed E-state index contributed by atoms with van der Waals surface area (Å²) >= 11 is 0. The highest BCUT2D eigenvalue weighted by Crippen LogP contribution is 2.28. The van der Waals surface area contributed by atoms with Crippen LogP contribution in [0.5, 0.6) is 5.75 Å². The normalized spacial score (nSPS) is 11.8. The van der Waals surface area contributed by atoms with E-state index in [1.54, 1.807) is 19.6 Å². The highest BCUT2D eigenvalue weighted by Gasteiger charge is 2.08. The van der Waals surface area contributed by atoms with Crippen molar-refractivity contribution in [2.75, 3.05) is 18.7 Å². The second-order valence-corrected chi connectivity index (χ2v) is 6.45. The van der Waals surface area contributed by atoms with Gasteiger partial charge in [-0.15, -0.1) is 0 Å². The van der Waals surface area contributed by atoms with Crippen molar-refractivity contribution in [3.8, 4) is 17.0 Å².